The molecule has 1 aromatic rings. The highest BCUT2D eigenvalue weighted by molar-refractivity contribution is 5.78. The van der Waals surface area contributed by atoms with Crippen molar-refractivity contribution in [1.29, 1.82) is 0 Å². The van der Waals surface area contributed by atoms with Gasteiger partial charge in [-0.15, -0.1) is 0 Å². The summed E-state index contributed by atoms with van der Waals surface area (Å²) in [4.78, 5) is 22.4. The van der Waals surface area contributed by atoms with Crippen LogP contribution in [-0.2, 0) is 20.7 Å². The van der Waals surface area contributed by atoms with E-state index in [1.807, 2.05) is 12.1 Å². The van der Waals surface area contributed by atoms with Crippen LogP contribution in [0.2, 0.25) is 0 Å². The van der Waals surface area contributed by atoms with Crippen LogP contribution >= 0.6 is 0 Å². The van der Waals surface area contributed by atoms with Crippen LogP contribution in [0, 0.1) is 0 Å². The summed E-state index contributed by atoms with van der Waals surface area (Å²) in [6.07, 6.45) is -0.524. The van der Waals surface area contributed by atoms with E-state index < -0.39 is 12.1 Å². The maximum absolute atomic E-state index is 11.5. The Morgan fingerprint density at radius 1 is 1.47 bits per heavy atom. The van der Waals surface area contributed by atoms with Crippen molar-refractivity contribution in [3.05, 3.63) is 29.8 Å². The predicted octanol–water partition coefficient (Wildman–Crippen LogP) is -0.148. The third-order valence-electron chi connectivity index (χ3n) is 2.56. The largest absolute Gasteiger partial charge is 0.467 e. The van der Waals surface area contributed by atoms with E-state index in [0.29, 0.717) is 12.1 Å². The van der Waals surface area contributed by atoms with Crippen LogP contribution in [0.25, 0.3) is 0 Å². The van der Waals surface area contributed by atoms with Crippen LogP contribution in [0.1, 0.15) is 12.0 Å². The third kappa shape index (κ3) is 5.39. The average Bonchev–Trinajstić information content (AvgIpc) is 2.41. The van der Waals surface area contributed by atoms with Crippen LogP contribution < -0.4 is 11.1 Å². The molecule has 0 aliphatic rings. The molecular formula is C13H18N2O4. The molecular weight excluding hydrogens is 248 g/mol. The fourth-order valence-electron chi connectivity index (χ4n) is 1.52. The summed E-state index contributed by atoms with van der Waals surface area (Å²) in [5.41, 5.74) is 7.24. The lowest BCUT2D eigenvalue weighted by Crippen LogP contribution is -2.37. The van der Waals surface area contributed by atoms with Gasteiger partial charge >= 0.3 is 5.97 Å². The van der Waals surface area contributed by atoms with E-state index in [1.54, 1.807) is 12.1 Å². The van der Waals surface area contributed by atoms with E-state index in [9.17, 15) is 14.7 Å². The zero-order valence-corrected chi connectivity index (χ0v) is 10.8. The first kappa shape index (κ1) is 15.0. The van der Waals surface area contributed by atoms with Crippen LogP contribution in [0.15, 0.2) is 24.3 Å². The molecule has 0 saturated heterocycles. The molecule has 19 heavy (non-hydrogen) atoms. The Balaban J connectivity index is 2.30. The van der Waals surface area contributed by atoms with Gasteiger partial charge in [0.2, 0.25) is 5.91 Å². The molecule has 1 rings (SSSR count). The molecule has 104 valence electrons. The molecule has 1 aromatic carbocycles. The maximum atomic E-state index is 11.5. The minimum absolute atomic E-state index is 0.150. The van der Waals surface area contributed by atoms with Crippen molar-refractivity contribution in [3.63, 3.8) is 0 Å². The zero-order chi connectivity index (χ0) is 14.3. The van der Waals surface area contributed by atoms with E-state index in [-0.39, 0.29) is 18.9 Å². The predicted molar refractivity (Wildman–Crippen MR) is 70.2 cm³/mol. The summed E-state index contributed by atoms with van der Waals surface area (Å²) in [5.74, 6) is -1.01. The third-order valence-corrected chi connectivity index (χ3v) is 2.56. The van der Waals surface area contributed by atoms with E-state index in [1.165, 1.54) is 7.11 Å². The smallest absolute Gasteiger partial charge is 0.336 e. The van der Waals surface area contributed by atoms with E-state index >= 15 is 0 Å². The highest BCUT2D eigenvalue weighted by atomic mass is 16.5. The molecule has 0 fully saturated rings. The summed E-state index contributed by atoms with van der Waals surface area (Å²) in [6.45, 7) is -0.150. The Morgan fingerprint density at radius 2 is 2.21 bits per heavy atom. The maximum Gasteiger partial charge on any atom is 0.336 e. The number of anilines is 1. The number of benzene rings is 1. The van der Waals surface area contributed by atoms with Gasteiger partial charge in [0, 0.05) is 12.1 Å². The summed E-state index contributed by atoms with van der Waals surface area (Å²) in [6, 6.07) is 7.28. The van der Waals surface area contributed by atoms with Crippen molar-refractivity contribution in [2.45, 2.75) is 18.9 Å². The number of ether oxygens (including phenoxy) is 1. The van der Waals surface area contributed by atoms with Gasteiger partial charge in [-0.1, -0.05) is 12.1 Å². The number of aliphatic hydroxyl groups excluding tert-OH is 1. The first-order valence-corrected chi connectivity index (χ1v) is 5.90. The second-order valence-corrected chi connectivity index (χ2v) is 4.09. The Labute approximate surface area is 111 Å². The minimum Gasteiger partial charge on any atom is -0.467 e. The summed E-state index contributed by atoms with van der Waals surface area (Å²) >= 11 is 0. The van der Waals surface area contributed by atoms with E-state index in [2.05, 4.69) is 10.1 Å². The Morgan fingerprint density at radius 3 is 2.84 bits per heavy atom. The number of aliphatic hydroxyl groups is 1. The molecule has 6 nitrogen and oxygen atoms in total. The zero-order valence-electron chi connectivity index (χ0n) is 10.8. The normalized spacial score (nSPS) is 11.7. The standard InChI is InChI=1S/C13H18N2O4/c1-19-13(18)11(16)8-15-12(17)6-5-9-3-2-4-10(14)7-9/h2-4,7,11,16H,5-6,8,14H2,1H3,(H,15,17). The van der Waals surface area contributed by atoms with Gasteiger partial charge in [-0.2, -0.15) is 0 Å². The van der Waals surface area contributed by atoms with Gasteiger partial charge < -0.3 is 20.9 Å². The Bertz CT molecular complexity index is 448. The first-order chi connectivity index (χ1) is 9.02. The number of nitrogen functional groups attached to an aromatic ring is 1. The van der Waals surface area contributed by atoms with Gasteiger partial charge in [-0.25, -0.2) is 4.79 Å². The van der Waals surface area contributed by atoms with Crippen LogP contribution in [0.5, 0.6) is 0 Å². The highest BCUT2D eigenvalue weighted by Gasteiger charge is 2.15. The van der Waals surface area contributed by atoms with Gasteiger partial charge in [0.05, 0.1) is 13.7 Å². The van der Waals surface area contributed by atoms with Crippen molar-refractivity contribution in [2.75, 3.05) is 19.4 Å². The number of amides is 1. The lowest BCUT2D eigenvalue weighted by Gasteiger charge is -2.09. The highest BCUT2D eigenvalue weighted by Crippen LogP contribution is 2.08. The van der Waals surface area contributed by atoms with Gasteiger partial charge in [0.1, 0.15) is 0 Å². The fraction of sp³-hybridized carbons (Fsp3) is 0.385. The van der Waals surface area contributed by atoms with Gasteiger partial charge in [0.15, 0.2) is 6.10 Å². The number of methoxy groups -OCH3 is 1. The molecule has 0 heterocycles. The quantitative estimate of drug-likeness (QED) is 0.491. The molecule has 0 aromatic heterocycles. The molecule has 0 saturated carbocycles. The summed E-state index contributed by atoms with van der Waals surface area (Å²) < 4.78 is 4.33. The van der Waals surface area contributed by atoms with Gasteiger partial charge in [-0.3, -0.25) is 4.79 Å². The number of carbonyl (C=O) groups excluding carboxylic acids is 2. The molecule has 1 unspecified atom stereocenters. The van der Waals surface area contributed by atoms with Gasteiger partial charge in [-0.05, 0) is 24.1 Å². The van der Waals surface area contributed by atoms with E-state index in [4.69, 9.17) is 5.73 Å². The second kappa shape index (κ2) is 7.38. The Kier molecular flexibility index (Phi) is 5.81. The van der Waals surface area contributed by atoms with Crippen LogP contribution in [-0.4, -0.2) is 36.7 Å². The number of nitrogens with one attached hydrogen (secondary N) is 1. The topological polar surface area (TPSA) is 102 Å². The number of aryl methyl sites for hydroxylation is 1. The van der Waals surface area contributed by atoms with Gasteiger partial charge in [0.25, 0.3) is 0 Å². The van der Waals surface area contributed by atoms with Crippen molar-refractivity contribution >= 4 is 17.6 Å². The number of esters is 1. The second-order valence-electron chi connectivity index (χ2n) is 4.09. The van der Waals surface area contributed by atoms with Crippen LogP contribution in [0.3, 0.4) is 0 Å². The lowest BCUT2D eigenvalue weighted by molar-refractivity contribution is -0.150. The van der Waals surface area contributed by atoms with Crippen molar-refractivity contribution in [3.8, 4) is 0 Å². The number of nitrogens with two attached hydrogens (primary N) is 1. The Hall–Kier alpha value is -2.08. The van der Waals surface area contributed by atoms with Crippen molar-refractivity contribution < 1.29 is 19.4 Å². The fourth-order valence-corrected chi connectivity index (χ4v) is 1.52. The van der Waals surface area contributed by atoms with Crippen molar-refractivity contribution in [1.82, 2.24) is 5.32 Å². The lowest BCUT2D eigenvalue weighted by atomic mass is 10.1. The molecule has 1 atom stereocenters. The number of rotatable bonds is 6. The molecule has 6 heteroatoms. The molecule has 0 radical (unpaired) electrons. The minimum atomic E-state index is -1.33. The molecule has 0 bridgehead atoms. The average molecular weight is 266 g/mol. The summed E-state index contributed by atoms with van der Waals surface area (Å²) in [5, 5.41) is 11.7. The molecule has 0 aliphatic heterocycles. The number of hydrogen-bond acceptors (Lipinski definition) is 5. The first-order valence-electron chi connectivity index (χ1n) is 5.90. The molecule has 0 aliphatic carbocycles. The van der Waals surface area contributed by atoms with Crippen LogP contribution in [0.4, 0.5) is 5.69 Å². The van der Waals surface area contributed by atoms with E-state index in [0.717, 1.165) is 5.56 Å². The molecule has 4 N–H and O–H groups in total. The molecule has 0 spiro atoms. The summed E-state index contributed by atoms with van der Waals surface area (Å²) in [7, 11) is 1.17. The number of carbonyl (C=O) groups is 2. The monoisotopic (exact) mass is 266 g/mol. The number of hydrogen-bond donors (Lipinski definition) is 3. The molecule has 1 amide bonds. The van der Waals surface area contributed by atoms with Crippen molar-refractivity contribution in [2.24, 2.45) is 0 Å². The SMILES string of the molecule is COC(=O)C(O)CNC(=O)CCc1cccc(N)c1.